The fourth-order valence-corrected chi connectivity index (χ4v) is 2.35. The molecule has 2 nitrogen and oxygen atoms in total. The lowest BCUT2D eigenvalue weighted by Crippen LogP contribution is -2.31. The summed E-state index contributed by atoms with van der Waals surface area (Å²) in [4.78, 5) is 0. The molecule has 0 saturated carbocycles. The third-order valence-corrected chi connectivity index (χ3v) is 3.61. The summed E-state index contributed by atoms with van der Waals surface area (Å²) in [6.45, 7) is 7.30. The average Bonchev–Trinajstić information content (AvgIpc) is 2.38. The van der Waals surface area contributed by atoms with Crippen LogP contribution in [0.2, 0.25) is 0 Å². The van der Waals surface area contributed by atoms with E-state index in [0.717, 1.165) is 25.0 Å². The molecule has 0 radical (unpaired) electrons. The highest BCUT2D eigenvalue weighted by molar-refractivity contribution is 5.40. The van der Waals surface area contributed by atoms with Gasteiger partial charge in [0.2, 0.25) is 0 Å². The molecule has 0 aliphatic rings. The molecular formula is C15H25NO. The largest absolute Gasteiger partial charge is 0.496 e. The zero-order valence-electron chi connectivity index (χ0n) is 11.5. The van der Waals surface area contributed by atoms with Crippen LogP contribution < -0.4 is 10.5 Å². The number of rotatable bonds is 6. The highest BCUT2D eigenvalue weighted by Crippen LogP contribution is 2.31. The maximum atomic E-state index is 5.96. The first-order chi connectivity index (χ1) is 8.11. The van der Waals surface area contributed by atoms with E-state index in [1.807, 2.05) is 0 Å². The maximum absolute atomic E-state index is 5.96. The van der Waals surface area contributed by atoms with Crippen LogP contribution >= 0.6 is 0 Å². The third-order valence-electron chi connectivity index (χ3n) is 3.61. The number of aryl methyl sites for hydroxylation is 1. The number of nitrogens with two attached hydrogens (primary N) is 1. The van der Waals surface area contributed by atoms with Crippen molar-refractivity contribution < 1.29 is 4.74 Å². The van der Waals surface area contributed by atoms with E-state index < -0.39 is 0 Å². The van der Waals surface area contributed by atoms with Crippen LogP contribution in [0, 0.1) is 0 Å². The van der Waals surface area contributed by atoms with Gasteiger partial charge in [-0.15, -0.1) is 0 Å². The van der Waals surface area contributed by atoms with Gasteiger partial charge in [0, 0.05) is 12.0 Å². The van der Waals surface area contributed by atoms with Crippen molar-refractivity contribution in [1.29, 1.82) is 0 Å². The van der Waals surface area contributed by atoms with Crippen molar-refractivity contribution in [3.63, 3.8) is 0 Å². The quantitative estimate of drug-likeness (QED) is 0.821. The van der Waals surface area contributed by atoms with Crippen LogP contribution in [0.1, 0.15) is 44.7 Å². The molecule has 1 rings (SSSR count). The first kappa shape index (κ1) is 14.0. The summed E-state index contributed by atoms with van der Waals surface area (Å²) in [6.07, 6.45) is 3.27. The SMILES string of the molecule is CCCC(C)(CN)c1ccc(OC)c(CC)c1. The van der Waals surface area contributed by atoms with Gasteiger partial charge in [-0.1, -0.05) is 39.3 Å². The summed E-state index contributed by atoms with van der Waals surface area (Å²) in [6, 6.07) is 6.47. The van der Waals surface area contributed by atoms with Gasteiger partial charge in [0.05, 0.1) is 7.11 Å². The highest BCUT2D eigenvalue weighted by Gasteiger charge is 2.24. The van der Waals surface area contributed by atoms with Crippen LogP contribution in [0.15, 0.2) is 18.2 Å². The molecule has 1 aromatic carbocycles. The standard InChI is InChI=1S/C15H25NO/c1-5-9-15(3,11-16)13-7-8-14(17-4)12(6-2)10-13/h7-8,10H,5-6,9,11,16H2,1-4H3. The molecule has 0 bridgehead atoms. The van der Waals surface area contributed by atoms with E-state index in [1.165, 1.54) is 11.1 Å². The predicted octanol–water partition coefficient (Wildman–Crippen LogP) is 3.27. The topological polar surface area (TPSA) is 35.2 Å². The lowest BCUT2D eigenvalue weighted by molar-refractivity contribution is 0.406. The lowest BCUT2D eigenvalue weighted by atomic mass is 9.78. The monoisotopic (exact) mass is 235 g/mol. The van der Waals surface area contributed by atoms with E-state index in [2.05, 4.69) is 39.0 Å². The average molecular weight is 235 g/mol. The van der Waals surface area contributed by atoms with Crippen LogP contribution in [-0.2, 0) is 11.8 Å². The Morgan fingerprint density at radius 1 is 1.29 bits per heavy atom. The van der Waals surface area contributed by atoms with Gasteiger partial charge in [-0.25, -0.2) is 0 Å². The predicted molar refractivity (Wildman–Crippen MR) is 73.7 cm³/mol. The first-order valence-corrected chi connectivity index (χ1v) is 6.48. The van der Waals surface area contributed by atoms with Crippen molar-refractivity contribution in [3.05, 3.63) is 29.3 Å². The van der Waals surface area contributed by atoms with Crippen LogP contribution in [0.3, 0.4) is 0 Å². The second-order valence-corrected chi connectivity index (χ2v) is 4.89. The second kappa shape index (κ2) is 6.06. The summed E-state index contributed by atoms with van der Waals surface area (Å²) in [5.41, 5.74) is 8.64. The lowest BCUT2D eigenvalue weighted by Gasteiger charge is -2.29. The number of benzene rings is 1. The maximum Gasteiger partial charge on any atom is 0.122 e. The Kier molecular flexibility index (Phi) is 5.01. The molecular weight excluding hydrogens is 210 g/mol. The molecule has 0 aliphatic heterocycles. The highest BCUT2D eigenvalue weighted by atomic mass is 16.5. The fourth-order valence-electron chi connectivity index (χ4n) is 2.35. The molecule has 0 spiro atoms. The van der Waals surface area contributed by atoms with Gasteiger partial charge >= 0.3 is 0 Å². The first-order valence-electron chi connectivity index (χ1n) is 6.48. The van der Waals surface area contributed by atoms with Gasteiger partial charge in [-0.05, 0) is 30.0 Å². The van der Waals surface area contributed by atoms with Gasteiger partial charge in [0.25, 0.3) is 0 Å². The van der Waals surface area contributed by atoms with Crippen molar-refractivity contribution in [2.24, 2.45) is 5.73 Å². The normalized spacial score (nSPS) is 14.4. The molecule has 0 heterocycles. The Labute approximate surface area is 105 Å². The van der Waals surface area contributed by atoms with E-state index in [9.17, 15) is 0 Å². The molecule has 2 heteroatoms. The summed E-state index contributed by atoms with van der Waals surface area (Å²) in [7, 11) is 1.72. The smallest absolute Gasteiger partial charge is 0.122 e. The fraction of sp³-hybridized carbons (Fsp3) is 0.600. The molecule has 0 aliphatic carbocycles. The van der Waals surface area contributed by atoms with E-state index >= 15 is 0 Å². The summed E-state index contributed by atoms with van der Waals surface area (Å²) in [5.74, 6) is 0.979. The Balaban J connectivity index is 3.13. The van der Waals surface area contributed by atoms with E-state index in [4.69, 9.17) is 10.5 Å². The van der Waals surface area contributed by atoms with Crippen molar-refractivity contribution in [2.75, 3.05) is 13.7 Å². The Morgan fingerprint density at radius 2 is 2.00 bits per heavy atom. The van der Waals surface area contributed by atoms with Crippen molar-refractivity contribution >= 4 is 0 Å². The summed E-state index contributed by atoms with van der Waals surface area (Å²) in [5, 5.41) is 0. The third kappa shape index (κ3) is 3.01. The van der Waals surface area contributed by atoms with Gasteiger partial charge in [-0.2, -0.15) is 0 Å². The van der Waals surface area contributed by atoms with Crippen molar-refractivity contribution in [1.82, 2.24) is 0 Å². The van der Waals surface area contributed by atoms with Gasteiger partial charge in [0.15, 0.2) is 0 Å². The Bertz CT molecular complexity index is 362. The molecule has 2 N–H and O–H groups in total. The van der Waals surface area contributed by atoms with Crippen LogP contribution in [0.4, 0.5) is 0 Å². The number of methoxy groups -OCH3 is 1. The molecule has 1 atom stereocenters. The van der Waals surface area contributed by atoms with Gasteiger partial charge in [-0.3, -0.25) is 0 Å². The van der Waals surface area contributed by atoms with Gasteiger partial charge < -0.3 is 10.5 Å². The minimum Gasteiger partial charge on any atom is -0.496 e. The number of hydrogen-bond donors (Lipinski definition) is 1. The summed E-state index contributed by atoms with van der Waals surface area (Å²) >= 11 is 0. The van der Waals surface area contributed by atoms with E-state index in [-0.39, 0.29) is 5.41 Å². The molecule has 96 valence electrons. The van der Waals surface area contributed by atoms with Crippen molar-refractivity contribution in [2.45, 2.75) is 45.4 Å². The minimum atomic E-state index is 0.0882. The Hall–Kier alpha value is -1.02. The number of ether oxygens (including phenoxy) is 1. The molecule has 1 aromatic rings. The molecule has 0 amide bonds. The van der Waals surface area contributed by atoms with Crippen LogP contribution in [0.25, 0.3) is 0 Å². The Morgan fingerprint density at radius 3 is 2.47 bits per heavy atom. The zero-order chi connectivity index (χ0) is 12.9. The molecule has 1 unspecified atom stereocenters. The molecule has 0 saturated heterocycles. The van der Waals surface area contributed by atoms with Gasteiger partial charge in [0.1, 0.15) is 5.75 Å². The van der Waals surface area contributed by atoms with E-state index in [0.29, 0.717) is 6.54 Å². The minimum absolute atomic E-state index is 0.0882. The van der Waals surface area contributed by atoms with E-state index in [1.54, 1.807) is 7.11 Å². The van der Waals surface area contributed by atoms with Crippen molar-refractivity contribution in [3.8, 4) is 5.75 Å². The number of hydrogen-bond acceptors (Lipinski definition) is 2. The van der Waals surface area contributed by atoms with Crippen LogP contribution in [0.5, 0.6) is 5.75 Å². The molecule has 0 aromatic heterocycles. The second-order valence-electron chi connectivity index (χ2n) is 4.89. The zero-order valence-corrected chi connectivity index (χ0v) is 11.5. The van der Waals surface area contributed by atoms with Crippen LogP contribution in [-0.4, -0.2) is 13.7 Å². The molecule has 0 fully saturated rings. The molecule has 17 heavy (non-hydrogen) atoms. The summed E-state index contributed by atoms with van der Waals surface area (Å²) < 4.78 is 5.37.